The van der Waals surface area contributed by atoms with Crippen LogP contribution < -0.4 is 10.6 Å². The number of sulfone groups is 1. The number of carbonyl (C=O) groups is 2. The summed E-state index contributed by atoms with van der Waals surface area (Å²) in [6.45, 7) is 1.47. The maximum Gasteiger partial charge on any atom is 0.261 e. The van der Waals surface area contributed by atoms with Gasteiger partial charge >= 0.3 is 0 Å². The lowest BCUT2D eigenvalue weighted by atomic mass is 10.1. The molecule has 0 fully saturated rings. The lowest BCUT2D eigenvalue weighted by Gasteiger charge is -2.18. The number of anilines is 2. The molecular weight excluding hydrogens is 591 g/mol. The lowest BCUT2D eigenvalue weighted by molar-refractivity contribution is -0.115. The highest BCUT2D eigenvalue weighted by Crippen LogP contribution is 2.35. The maximum absolute atomic E-state index is 13.9. The van der Waals surface area contributed by atoms with Crippen LogP contribution in [0.25, 0.3) is 0 Å². The third-order valence-corrected chi connectivity index (χ3v) is 8.74. The van der Waals surface area contributed by atoms with Crippen LogP contribution in [-0.2, 0) is 14.6 Å². The van der Waals surface area contributed by atoms with Gasteiger partial charge < -0.3 is 15.7 Å². The van der Waals surface area contributed by atoms with Crippen LogP contribution >= 0.6 is 23.4 Å². The number of nitrogens with one attached hydrogen (secondary N) is 2. The van der Waals surface area contributed by atoms with Crippen molar-refractivity contribution in [1.29, 1.82) is 0 Å². The highest BCUT2D eigenvalue weighted by atomic mass is 35.5. The van der Waals surface area contributed by atoms with Crippen molar-refractivity contribution in [1.82, 2.24) is 0 Å². The highest BCUT2D eigenvalue weighted by molar-refractivity contribution is 7.98. The van der Waals surface area contributed by atoms with E-state index in [0.717, 1.165) is 17.0 Å². The Balaban J connectivity index is 1.86. The minimum atomic E-state index is -4.13. The standard InChI is InChI=1S/C24H18ClF5N2O5S2/c1-3-16(39(36,37)11-6-4-10(38-2)5-7-11)23(34)31-13-9-15(33)14(8-12(13)25)32-24(35)17-18(26)20(28)22(30)21(29)19(17)27/h4-9,16,33H,3H2,1-2H3,(H,31,34)(H,32,35). The maximum atomic E-state index is 13.9. The van der Waals surface area contributed by atoms with Gasteiger partial charge in [-0.05, 0) is 43.0 Å². The van der Waals surface area contributed by atoms with Gasteiger partial charge in [0.25, 0.3) is 5.91 Å². The van der Waals surface area contributed by atoms with Crippen molar-refractivity contribution < 1.29 is 45.1 Å². The fourth-order valence-electron chi connectivity index (χ4n) is 3.44. The van der Waals surface area contributed by atoms with Gasteiger partial charge in [-0.25, -0.2) is 30.4 Å². The summed E-state index contributed by atoms with van der Waals surface area (Å²) in [4.78, 5) is 25.9. The van der Waals surface area contributed by atoms with Crippen LogP contribution in [0.15, 0.2) is 46.2 Å². The average Bonchev–Trinajstić information content (AvgIpc) is 2.89. The molecule has 208 valence electrons. The Morgan fingerprint density at radius 1 is 0.923 bits per heavy atom. The number of hydrogen-bond donors (Lipinski definition) is 3. The van der Waals surface area contributed by atoms with Gasteiger partial charge in [0.05, 0.1) is 21.3 Å². The number of phenols is 1. The van der Waals surface area contributed by atoms with E-state index in [2.05, 4.69) is 5.32 Å². The molecule has 1 unspecified atom stereocenters. The Hall–Kier alpha value is -3.36. The van der Waals surface area contributed by atoms with Crippen molar-refractivity contribution in [2.45, 2.75) is 28.4 Å². The normalized spacial score (nSPS) is 12.2. The molecule has 0 radical (unpaired) electrons. The molecule has 0 heterocycles. The Morgan fingerprint density at radius 3 is 1.97 bits per heavy atom. The SMILES string of the molecule is CCC(C(=O)Nc1cc(O)c(NC(=O)c2c(F)c(F)c(F)c(F)c2F)cc1Cl)S(=O)(=O)c1ccc(SC)cc1. The molecule has 3 aromatic rings. The second kappa shape index (κ2) is 11.8. The zero-order valence-electron chi connectivity index (χ0n) is 19.9. The molecule has 3 rings (SSSR count). The molecule has 1 atom stereocenters. The van der Waals surface area contributed by atoms with Gasteiger partial charge in [0.15, 0.2) is 33.1 Å². The van der Waals surface area contributed by atoms with E-state index in [1.165, 1.54) is 30.8 Å². The molecule has 0 saturated carbocycles. The van der Waals surface area contributed by atoms with Crippen molar-refractivity contribution in [2.24, 2.45) is 0 Å². The topological polar surface area (TPSA) is 113 Å². The van der Waals surface area contributed by atoms with E-state index >= 15 is 0 Å². The van der Waals surface area contributed by atoms with Crippen LogP contribution in [0.3, 0.4) is 0 Å². The molecule has 0 aliphatic carbocycles. The number of halogens is 6. The van der Waals surface area contributed by atoms with Gasteiger partial charge in [-0.1, -0.05) is 18.5 Å². The monoisotopic (exact) mass is 608 g/mol. The average molecular weight is 609 g/mol. The van der Waals surface area contributed by atoms with E-state index in [-0.39, 0.29) is 22.0 Å². The predicted octanol–water partition coefficient (Wildman–Crippen LogP) is 5.91. The van der Waals surface area contributed by atoms with Crippen LogP contribution in [0.1, 0.15) is 23.7 Å². The highest BCUT2D eigenvalue weighted by Gasteiger charge is 2.33. The third kappa shape index (κ3) is 5.97. The number of aromatic hydroxyl groups is 1. The second-order valence-electron chi connectivity index (χ2n) is 7.85. The van der Waals surface area contributed by atoms with E-state index in [1.54, 1.807) is 23.7 Å². The summed E-state index contributed by atoms with van der Waals surface area (Å²) in [6, 6.07) is 7.48. The second-order valence-corrected chi connectivity index (χ2v) is 11.3. The van der Waals surface area contributed by atoms with Crippen LogP contribution in [-0.4, -0.2) is 36.8 Å². The Labute approximate surface area is 228 Å². The van der Waals surface area contributed by atoms with Crippen molar-refractivity contribution in [3.05, 3.63) is 76.1 Å². The quantitative estimate of drug-likeness (QED) is 0.0964. The van der Waals surface area contributed by atoms with Crippen molar-refractivity contribution in [2.75, 3.05) is 16.9 Å². The summed E-state index contributed by atoms with van der Waals surface area (Å²) < 4.78 is 94.1. The van der Waals surface area contributed by atoms with Crippen molar-refractivity contribution in [3.8, 4) is 5.75 Å². The molecule has 2 amide bonds. The fourth-order valence-corrected chi connectivity index (χ4v) is 5.68. The zero-order valence-corrected chi connectivity index (χ0v) is 22.3. The number of amides is 2. The van der Waals surface area contributed by atoms with E-state index in [0.29, 0.717) is 0 Å². The van der Waals surface area contributed by atoms with Crippen LogP contribution in [0.4, 0.5) is 33.3 Å². The van der Waals surface area contributed by atoms with E-state index < -0.39 is 73.0 Å². The molecule has 0 aliphatic rings. The van der Waals surface area contributed by atoms with E-state index in [9.17, 15) is 45.1 Å². The van der Waals surface area contributed by atoms with Gasteiger partial charge in [0.1, 0.15) is 16.6 Å². The van der Waals surface area contributed by atoms with Crippen molar-refractivity contribution in [3.63, 3.8) is 0 Å². The van der Waals surface area contributed by atoms with Crippen LogP contribution in [0, 0.1) is 29.1 Å². The summed E-state index contributed by atoms with van der Waals surface area (Å²) in [5.41, 5.74) is -2.71. The van der Waals surface area contributed by atoms with Gasteiger partial charge in [-0.2, -0.15) is 0 Å². The van der Waals surface area contributed by atoms with Crippen LogP contribution in [0.5, 0.6) is 5.75 Å². The number of benzene rings is 3. The molecule has 0 aromatic heterocycles. The third-order valence-electron chi connectivity index (χ3n) is 5.45. The van der Waals surface area contributed by atoms with E-state index in [4.69, 9.17) is 11.6 Å². The zero-order chi connectivity index (χ0) is 29.2. The number of rotatable bonds is 8. The van der Waals surface area contributed by atoms with Gasteiger partial charge in [0.2, 0.25) is 11.7 Å². The molecule has 3 N–H and O–H groups in total. The molecule has 15 heteroatoms. The molecule has 0 bridgehead atoms. The largest absolute Gasteiger partial charge is 0.506 e. The molecule has 0 spiro atoms. The van der Waals surface area contributed by atoms with Gasteiger partial charge in [-0.3, -0.25) is 9.59 Å². The van der Waals surface area contributed by atoms with Gasteiger partial charge in [0, 0.05) is 11.0 Å². The molecular formula is C24H18ClF5N2O5S2. The lowest BCUT2D eigenvalue weighted by Crippen LogP contribution is -2.34. The first-order chi connectivity index (χ1) is 18.2. The summed E-state index contributed by atoms with van der Waals surface area (Å²) in [5, 5.41) is 12.4. The number of phenolic OH excluding ortho intramolecular Hbond substituents is 1. The molecule has 7 nitrogen and oxygen atoms in total. The molecule has 39 heavy (non-hydrogen) atoms. The summed E-state index contributed by atoms with van der Waals surface area (Å²) in [7, 11) is -4.13. The number of carbonyl (C=O) groups excluding carboxylic acids is 2. The molecule has 0 aliphatic heterocycles. The Morgan fingerprint density at radius 2 is 1.46 bits per heavy atom. The first kappa shape index (κ1) is 30.2. The summed E-state index contributed by atoms with van der Waals surface area (Å²) in [5.74, 6) is -15.6. The van der Waals surface area contributed by atoms with Crippen LogP contribution in [0.2, 0.25) is 5.02 Å². The summed E-state index contributed by atoms with van der Waals surface area (Å²) in [6.07, 6.45) is 1.68. The molecule has 3 aromatic carbocycles. The fraction of sp³-hybridized carbons (Fsp3) is 0.167. The first-order valence-corrected chi connectivity index (χ1v) is 13.9. The minimum absolute atomic E-state index is 0.0950. The predicted molar refractivity (Wildman–Crippen MR) is 135 cm³/mol. The number of hydrogen-bond acceptors (Lipinski definition) is 6. The number of thioether (sulfide) groups is 1. The van der Waals surface area contributed by atoms with Crippen molar-refractivity contribution >= 4 is 56.4 Å². The van der Waals surface area contributed by atoms with Gasteiger partial charge in [-0.15, -0.1) is 11.8 Å². The smallest absolute Gasteiger partial charge is 0.261 e. The Bertz CT molecular complexity index is 1540. The Kier molecular flexibility index (Phi) is 9.13. The minimum Gasteiger partial charge on any atom is -0.506 e. The van der Waals surface area contributed by atoms with E-state index in [1.807, 2.05) is 0 Å². The molecule has 0 saturated heterocycles. The summed E-state index contributed by atoms with van der Waals surface area (Å²) >= 11 is 7.47. The first-order valence-electron chi connectivity index (χ1n) is 10.8.